The van der Waals surface area contributed by atoms with E-state index in [4.69, 9.17) is 4.74 Å². The van der Waals surface area contributed by atoms with Crippen LogP contribution in [0, 0.1) is 0 Å². The standard InChI is InChI=1S/C15H21NO2/c1-12(17)8-11-18-15-4-2-13(3-5-15)14-6-9-16-10-7-14/h2-5,14,16H,6-11H2,1H3. The van der Waals surface area contributed by atoms with Gasteiger partial charge in [0.25, 0.3) is 0 Å². The van der Waals surface area contributed by atoms with Gasteiger partial charge >= 0.3 is 0 Å². The monoisotopic (exact) mass is 247 g/mol. The average Bonchev–Trinajstić information content (AvgIpc) is 2.40. The van der Waals surface area contributed by atoms with Gasteiger partial charge in [-0.2, -0.15) is 0 Å². The van der Waals surface area contributed by atoms with Gasteiger partial charge in [0.15, 0.2) is 0 Å². The maximum atomic E-state index is 10.8. The number of ketones is 1. The maximum absolute atomic E-state index is 10.8. The van der Waals surface area contributed by atoms with E-state index in [2.05, 4.69) is 17.4 Å². The van der Waals surface area contributed by atoms with Gasteiger partial charge in [-0.3, -0.25) is 4.79 Å². The second-order valence-corrected chi connectivity index (χ2v) is 4.89. The molecule has 0 unspecified atom stereocenters. The molecule has 98 valence electrons. The number of nitrogens with one attached hydrogen (secondary N) is 1. The highest BCUT2D eigenvalue weighted by atomic mass is 16.5. The first kappa shape index (κ1) is 13.1. The lowest BCUT2D eigenvalue weighted by Crippen LogP contribution is -2.26. The number of benzene rings is 1. The predicted octanol–water partition coefficient (Wildman–Crippen LogP) is 2.51. The molecule has 1 aromatic carbocycles. The highest BCUT2D eigenvalue weighted by Crippen LogP contribution is 2.26. The van der Waals surface area contributed by atoms with Crippen LogP contribution >= 0.6 is 0 Å². The Kier molecular flexibility index (Phi) is 4.76. The summed E-state index contributed by atoms with van der Waals surface area (Å²) >= 11 is 0. The summed E-state index contributed by atoms with van der Waals surface area (Å²) in [4.78, 5) is 10.8. The van der Waals surface area contributed by atoms with Gasteiger partial charge in [-0.05, 0) is 56.5 Å². The third-order valence-corrected chi connectivity index (χ3v) is 3.41. The van der Waals surface area contributed by atoms with Crippen LogP contribution in [-0.4, -0.2) is 25.5 Å². The number of piperidine rings is 1. The van der Waals surface area contributed by atoms with E-state index in [-0.39, 0.29) is 5.78 Å². The molecule has 1 fully saturated rings. The number of hydrogen-bond acceptors (Lipinski definition) is 3. The average molecular weight is 247 g/mol. The minimum absolute atomic E-state index is 0.168. The van der Waals surface area contributed by atoms with Gasteiger partial charge in [-0.1, -0.05) is 12.1 Å². The van der Waals surface area contributed by atoms with E-state index in [9.17, 15) is 4.79 Å². The molecule has 0 amide bonds. The van der Waals surface area contributed by atoms with E-state index < -0.39 is 0 Å². The summed E-state index contributed by atoms with van der Waals surface area (Å²) in [6, 6.07) is 8.33. The lowest BCUT2D eigenvalue weighted by Gasteiger charge is -2.23. The van der Waals surface area contributed by atoms with Crippen molar-refractivity contribution < 1.29 is 9.53 Å². The van der Waals surface area contributed by atoms with Crippen LogP contribution in [0.15, 0.2) is 24.3 Å². The normalized spacial score (nSPS) is 16.5. The van der Waals surface area contributed by atoms with E-state index in [1.165, 1.54) is 18.4 Å². The third-order valence-electron chi connectivity index (χ3n) is 3.41. The molecule has 0 radical (unpaired) electrons. The Morgan fingerprint density at radius 3 is 2.56 bits per heavy atom. The van der Waals surface area contributed by atoms with Gasteiger partial charge in [0.1, 0.15) is 11.5 Å². The quantitative estimate of drug-likeness (QED) is 0.869. The summed E-state index contributed by atoms with van der Waals surface area (Å²) < 4.78 is 5.53. The van der Waals surface area contributed by atoms with Crippen LogP contribution in [0.1, 0.15) is 37.7 Å². The van der Waals surface area contributed by atoms with E-state index >= 15 is 0 Å². The lowest BCUT2D eigenvalue weighted by atomic mass is 9.90. The molecule has 2 rings (SSSR count). The van der Waals surface area contributed by atoms with Crippen LogP contribution in [0.25, 0.3) is 0 Å². The molecule has 1 aromatic rings. The summed E-state index contributed by atoms with van der Waals surface area (Å²) in [5.41, 5.74) is 1.40. The van der Waals surface area contributed by atoms with Crippen molar-refractivity contribution in [2.75, 3.05) is 19.7 Å². The van der Waals surface area contributed by atoms with Crippen LogP contribution in [0.4, 0.5) is 0 Å². The Balaban J connectivity index is 1.86. The molecule has 3 nitrogen and oxygen atoms in total. The van der Waals surface area contributed by atoms with Crippen LogP contribution in [0.5, 0.6) is 5.75 Å². The zero-order valence-corrected chi connectivity index (χ0v) is 10.9. The zero-order chi connectivity index (χ0) is 12.8. The summed E-state index contributed by atoms with van der Waals surface area (Å²) in [7, 11) is 0. The molecule has 0 saturated carbocycles. The highest BCUT2D eigenvalue weighted by molar-refractivity contribution is 5.75. The molecule has 0 aliphatic carbocycles. The third kappa shape index (κ3) is 3.84. The molecular formula is C15H21NO2. The van der Waals surface area contributed by atoms with Crippen molar-refractivity contribution >= 4 is 5.78 Å². The smallest absolute Gasteiger partial charge is 0.133 e. The molecule has 3 heteroatoms. The van der Waals surface area contributed by atoms with Gasteiger partial charge in [0, 0.05) is 6.42 Å². The lowest BCUT2D eigenvalue weighted by molar-refractivity contribution is -0.117. The Morgan fingerprint density at radius 1 is 1.28 bits per heavy atom. The van der Waals surface area contributed by atoms with Crippen molar-refractivity contribution in [3.8, 4) is 5.75 Å². The molecule has 0 aromatic heterocycles. The van der Waals surface area contributed by atoms with E-state index in [1.54, 1.807) is 6.92 Å². The first-order valence-corrected chi connectivity index (χ1v) is 6.68. The molecule has 1 saturated heterocycles. The Bertz CT molecular complexity index is 380. The van der Waals surface area contributed by atoms with Gasteiger partial charge in [-0.25, -0.2) is 0 Å². The van der Waals surface area contributed by atoms with Crippen molar-refractivity contribution in [3.05, 3.63) is 29.8 Å². The van der Waals surface area contributed by atoms with Crippen molar-refractivity contribution in [1.29, 1.82) is 0 Å². The molecule has 18 heavy (non-hydrogen) atoms. The topological polar surface area (TPSA) is 38.3 Å². The molecule has 1 aliphatic rings. The van der Waals surface area contributed by atoms with Crippen molar-refractivity contribution in [1.82, 2.24) is 5.32 Å². The SMILES string of the molecule is CC(=O)CCOc1ccc(C2CCNCC2)cc1. The zero-order valence-electron chi connectivity index (χ0n) is 10.9. The van der Waals surface area contributed by atoms with Crippen LogP contribution < -0.4 is 10.1 Å². The number of ether oxygens (including phenoxy) is 1. The maximum Gasteiger partial charge on any atom is 0.133 e. The fourth-order valence-electron chi connectivity index (χ4n) is 2.30. The number of hydrogen-bond donors (Lipinski definition) is 1. The van der Waals surface area contributed by atoms with Crippen molar-refractivity contribution in [2.45, 2.75) is 32.1 Å². The minimum Gasteiger partial charge on any atom is -0.493 e. The largest absolute Gasteiger partial charge is 0.493 e. The second kappa shape index (κ2) is 6.55. The van der Waals surface area contributed by atoms with E-state index in [0.29, 0.717) is 18.9 Å². The van der Waals surface area contributed by atoms with Crippen molar-refractivity contribution in [2.24, 2.45) is 0 Å². The number of carbonyl (C=O) groups is 1. The molecule has 0 spiro atoms. The predicted molar refractivity (Wildman–Crippen MR) is 72.1 cm³/mol. The second-order valence-electron chi connectivity index (χ2n) is 4.89. The number of Topliss-reactive ketones (excluding diaryl/α,β-unsaturated/α-hetero) is 1. The molecule has 1 N–H and O–H groups in total. The number of carbonyl (C=O) groups excluding carboxylic acids is 1. The van der Waals surface area contributed by atoms with Crippen LogP contribution in [0.3, 0.4) is 0 Å². The summed E-state index contributed by atoms with van der Waals surface area (Å²) in [6.45, 7) is 4.29. The Labute approximate surface area is 109 Å². The van der Waals surface area contributed by atoms with E-state index in [1.807, 2.05) is 12.1 Å². The first-order valence-electron chi connectivity index (χ1n) is 6.68. The summed E-state index contributed by atoms with van der Waals surface area (Å²) in [6.07, 6.45) is 2.91. The van der Waals surface area contributed by atoms with Gasteiger partial charge in [-0.15, -0.1) is 0 Å². The summed E-state index contributed by atoms with van der Waals surface area (Å²) in [5, 5.41) is 3.38. The first-order chi connectivity index (χ1) is 8.75. The highest BCUT2D eigenvalue weighted by Gasteiger charge is 2.14. The fraction of sp³-hybridized carbons (Fsp3) is 0.533. The minimum atomic E-state index is 0.168. The van der Waals surface area contributed by atoms with Gasteiger partial charge < -0.3 is 10.1 Å². The molecule has 0 atom stereocenters. The molecule has 1 aliphatic heterocycles. The van der Waals surface area contributed by atoms with Gasteiger partial charge in [0.2, 0.25) is 0 Å². The van der Waals surface area contributed by atoms with E-state index in [0.717, 1.165) is 18.8 Å². The Morgan fingerprint density at radius 2 is 1.94 bits per heavy atom. The Hall–Kier alpha value is -1.35. The molecule has 0 bridgehead atoms. The number of rotatable bonds is 5. The van der Waals surface area contributed by atoms with Gasteiger partial charge in [0.05, 0.1) is 6.61 Å². The van der Waals surface area contributed by atoms with Crippen molar-refractivity contribution in [3.63, 3.8) is 0 Å². The van der Waals surface area contributed by atoms with Crippen LogP contribution in [-0.2, 0) is 4.79 Å². The summed E-state index contributed by atoms with van der Waals surface area (Å²) in [5.74, 6) is 1.70. The molecular weight excluding hydrogens is 226 g/mol. The molecule has 1 heterocycles. The fourth-order valence-corrected chi connectivity index (χ4v) is 2.30. The van der Waals surface area contributed by atoms with Crippen LogP contribution in [0.2, 0.25) is 0 Å².